The number of carbonyl (C=O) groups excluding carboxylic acids is 2. The van der Waals surface area contributed by atoms with Crippen molar-refractivity contribution in [1.82, 2.24) is 14.1 Å². The van der Waals surface area contributed by atoms with E-state index in [1.54, 1.807) is 17.0 Å². The van der Waals surface area contributed by atoms with E-state index in [0.717, 1.165) is 23.7 Å². The number of hydrogen-bond donors (Lipinski definition) is 0. The Balaban J connectivity index is 0.00000272. The first-order valence-corrected chi connectivity index (χ1v) is 12.0. The second-order valence-corrected chi connectivity index (χ2v) is 10.1. The summed E-state index contributed by atoms with van der Waals surface area (Å²) in [6.07, 6.45) is 4.19. The monoisotopic (exact) mass is 473 g/mol. The number of carbonyl (C=O) groups is 2. The summed E-state index contributed by atoms with van der Waals surface area (Å²) in [6, 6.07) is 1.05. The molecule has 2 atom stereocenters. The maximum atomic E-state index is 13.5. The third-order valence-electron chi connectivity index (χ3n) is 5.95. The summed E-state index contributed by atoms with van der Waals surface area (Å²) in [7, 11) is -3.76. The largest absolute Gasteiger partial charge is 0.467 e. The molecule has 0 unspecified atom stereocenters. The number of fused-ring (bicyclic) bond motifs is 1. The number of sulfonamides is 1. The van der Waals surface area contributed by atoms with Gasteiger partial charge in [-0.15, -0.1) is 12.4 Å². The first kappa shape index (κ1) is 23.8. The van der Waals surface area contributed by atoms with Crippen LogP contribution in [0.25, 0.3) is 0 Å². The fourth-order valence-electron chi connectivity index (χ4n) is 4.55. The number of rotatable bonds is 5. The summed E-state index contributed by atoms with van der Waals surface area (Å²) >= 11 is 0. The van der Waals surface area contributed by atoms with Gasteiger partial charge in [-0.2, -0.15) is 0 Å². The van der Waals surface area contributed by atoms with Crippen LogP contribution in [0.1, 0.15) is 30.0 Å². The van der Waals surface area contributed by atoms with Gasteiger partial charge in [-0.25, -0.2) is 12.7 Å². The van der Waals surface area contributed by atoms with Crippen LogP contribution >= 0.6 is 12.4 Å². The zero-order valence-electron chi connectivity index (χ0n) is 17.8. The van der Waals surface area contributed by atoms with Crippen molar-refractivity contribution in [2.45, 2.75) is 26.4 Å². The molecule has 2 fully saturated rings. The molecule has 0 bridgehead atoms. The minimum absolute atomic E-state index is 0. The van der Waals surface area contributed by atoms with Crippen LogP contribution in [0.15, 0.2) is 28.5 Å². The van der Waals surface area contributed by atoms with Gasteiger partial charge < -0.3 is 14.1 Å². The normalized spacial score (nSPS) is 24.4. The average Bonchev–Trinajstić information content (AvgIpc) is 3.35. The van der Waals surface area contributed by atoms with Gasteiger partial charge >= 0.3 is 0 Å². The molecule has 172 valence electrons. The van der Waals surface area contributed by atoms with Gasteiger partial charge in [0.2, 0.25) is 15.9 Å². The topological polar surface area (TPSA) is 100 Å². The van der Waals surface area contributed by atoms with Crippen molar-refractivity contribution in [3.63, 3.8) is 0 Å². The Morgan fingerprint density at radius 3 is 2.55 bits per heavy atom. The van der Waals surface area contributed by atoms with Crippen LogP contribution in [0.4, 0.5) is 0 Å². The summed E-state index contributed by atoms with van der Waals surface area (Å²) in [5, 5.41) is 0. The van der Waals surface area contributed by atoms with Crippen LogP contribution in [0.5, 0.6) is 0 Å². The van der Waals surface area contributed by atoms with Crippen LogP contribution in [-0.4, -0.2) is 79.5 Å². The minimum Gasteiger partial charge on any atom is -0.467 e. The highest BCUT2D eigenvalue weighted by Crippen LogP contribution is 2.42. The standard InChI is InChI=1S/C20H27N3O6S.ClH/c1-13(2)17-18-15(23(20(17)25)30(3,26)27)4-6-22(18)19(24)14-5-9-29-16(14)12-21-7-10-28-11-8-21;/h4-5,9,13,17-18H,6-8,10-12H2,1-3H3;1H/t17-,18+;/m1./s1. The molecular weight excluding hydrogens is 446 g/mol. The first-order valence-electron chi connectivity index (χ1n) is 10.1. The van der Waals surface area contributed by atoms with E-state index in [2.05, 4.69) is 4.90 Å². The van der Waals surface area contributed by atoms with E-state index in [1.807, 2.05) is 13.8 Å². The fourth-order valence-corrected chi connectivity index (χ4v) is 5.56. The summed E-state index contributed by atoms with van der Waals surface area (Å²) in [5.41, 5.74) is 0.830. The number of halogens is 1. The molecule has 0 aliphatic carbocycles. The van der Waals surface area contributed by atoms with E-state index in [-0.39, 0.29) is 30.8 Å². The Kier molecular flexibility index (Phi) is 6.85. The third-order valence-corrected chi connectivity index (χ3v) is 7.01. The smallest absolute Gasteiger partial charge is 0.258 e. The number of morpholine rings is 1. The molecule has 2 saturated heterocycles. The first-order chi connectivity index (χ1) is 14.2. The molecule has 4 heterocycles. The van der Waals surface area contributed by atoms with E-state index in [4.69, 9.17) is 9.15 Å². The summed E-state index contributed by atoms with van der Waals surface area (Å²) in [5.74, 6) is -0.880. The lowest BCUT2D eigenvalue weighted by atomic mass is 9.89. The quantitative estimate of drug-likeness (QED) is 0.635. The van der Waals surface area contributed by atoms with Crippen LogP contribution in [0.3, 0.4) is 0 Å². The zero-order chi connectivity index (χ0) is 21.6. The van der Waals surface area contributed by atoms with Gasteiger partial charge in [-0.3, -0.25) is 14.5 Å². The van der Waals surface area contributed by atoms with E-state index < -0.39 is 27.9 Å². The summed E-state index contributed by atoms with van der Waals surface area (Å²) in [6.45, 7) is 7.31. The van der Waals surface area contributed by atoms with Gasteiger partial charge in [0.1, 0.15) is 5.76 Å². The van der Waals surface area contributed by atoms with Gasteiger partial charge in [-0.1, -0.05) is 13.8 Å². The van der Waals surface area contributed by atoms with Crippen molar-refractivity contribution in [3.05, 3.63) is 35.4 Å². The summed E-state index contributed by atoms with van der Waals surface area (Å²) < 4.78 is 36.4. The molecule has 0 aromatic carbocycles. The lowest BCUT2D eigenvalue weighted by molar-refractivity contribution is -0.128. The average molecular weight is 474 g/mol. The second-order valence-electron chi connectivity index (χ2n) is 8.31. The van der Waals surface area contributed by atoms with Crippen LogP contribution in [0.2, 0.25) is 0 Å². The van der Waals surface area contributed by atoms with E-state index >= 15 is 0 Å². The molecule has 4 rings (SSSR count). The number of nitrogens with zero attached hydrogens (tertiary/aromatic N) is 3. The molecule has 1 aromatic rings. The van der Waals surface area contributed by atoms with Crippen molar-refractivity contribution in [1.29, 1.82) is 0 Å². The predicted octanol–water partition coefficient (Wildman–Crippen LogP) is 1.32. The second kappa shape index (κ2) is 8.93. The van der Waals surface area contributed by atoms with Crippen molar-refractivity contribution in [3.8, 4) is 0 Å². The maximum Gasteiger partial charge on any atom is 0.258 e. The minimum atomic E-state index is -3.76. The molecular formula is C20H28ClN3O6S. The molecule has 0 radical (unpaired) electrons. The molecule has 3 aliphatic heterocycles. The number of furan rings is 1. The van der Waals surface area contributed by atoms with E-state index in [9.17, 15) is 18.0 Å². The SMILES string of the molecule is CC(C)[C@H]1C(=O)N(S(C)(=O)=O)C2=CCN(C(=O)c3ccoc3CN3CCOCC3)[C@@H]21.Cl. The lowest BCUT2D eigenvalue weighted by Crippen LogP contribution is -2.43. The Bertz CT molecular complexity index is 983. The molecule has 0 N–H and O–H groups in total. The van der Waals surface area contributed by atoms with Gasteiger partial charge in [0.15, 0.2) is 0 Å². The molecule has 9 nitrogen and oxygen atoms in total. The van der Waals surface area contributed by atoms with Crippen molar-refractivity contribution in [2.75, 3.05) is 39.1 Å². The molecule has 0 saturated carbocycles. The highest BCUT2D eigenvalue weighted by Gasteiger charge is 2.55. The van der Waals surface area contributed by atoms with Gasteiger partial charge in [0.05, 0.1) is 55.5 Å². The van der Waals surface area contributed by atoms with Crippen molar-refractivity contribution >= 4 is 34.2 Å². The number of amides is 2. The molecule has 2 amide bonds. The third kappa shape index (κ3) is 4.26. The molecule has 0 spiro atoms. The van der Waals surface area contributed by atoms with Crippen molar-refractivity contribution in [2.24, 2.45) is 11.8 Å². The Hall–Kier alpha value is -1.88. The van der Waals surface area contributed by atoms with Crippen molar-refractivity contribution < 1.29 is 27.2 Å². The maximum absolute atomic E-state index is 13.5. The molecule has 11 heteroatoms. The fraction of sp³-hybridized carbons (Fsp3) is 0.600. The Labute approximate surface area is 188 Å². The van der Waals surface area contributed by atoms with Gasteiger partial charge in [0.25, 0.3) is 5.91 Å². The van der Waals surface area contributed by atoms with Gasteiger partial charge in [-0.05, 0) is 18.1 Å². The number of hydrogen-bond acceptors (Lipinski definition) is 7. The molecule has 31 heavy (non-hydrogen) atoms. The number of ether oxygens (including phenoxy) is 1. The van der Waals surface area contributed by atoms with Crippen LogP contribution in [0, 0.1) is 11.8 Å². The van der Waals surface area contributed by atoms with Crippen LogP contribution in [-0.2, 0) is 26.1 Å². The highest BCUT2D eigenvalue weighted by atomic mass is 35.5. The highest BCUT2D eigenvalue weighted by molar-refractivity contribution is 7.89. The lowest BCUT2D eigenvalue weighted by Gasteiger charge is -2.29. The van der Waals surface area contributed by atoms with Crippen LogP contribution < -0.4 is 0 Å². The summed E-state index contributed by atoms with van der Waals surface area (Å²) in [4.78, 5) is 30.1. The predicted molar refractivity (Wildman–Crippen MR) is 115 cm³/mol. The molecule has 3 aliphatic rings. The van der Waals surface area contributed by atoms with E-state index in [0.29, 0.717) is 36.8 Å². The van der Waals surface area contributed by atoms with Gasteiger partial charge in [0, 0.05) is 19.6 Å². The molecule has 1 aromatic heterocycles. The zero-order valence-corrected chi connectivity index (χ0v) is 19.4. The Morgan fingerprint density at radius 2 is 1.94 bits per heavy atom. The Morgan fingerprint density at radius 1 is 1.26 bits per heavy atom. The van der Waals surface area contributed by atoms with E-state index in [1.165, 1.54) is 6.26 Å².